The summed E-state index contributed by atoms with van der Waals surface area (Å²) < 4.78 is 26.9. The van der Waals surface area contributed by atoms with Crippen LogP contribution in [0.5, 0.6) is 0 Å². The van der Waals surface area contributed by atoms with Crippen LogP contribution in [-0.4, -0.2) is 24.9 Å². The summed E-state index contributed by atoms with van der Waals surface area (Å²) in [7, 11) is -3.61. The normalized spacial score (nSPS) is 11.5. The molecule has 0 atom stereocenters. The number of sulfonamides is 1. The van der Waals surface area contributed by atoms with Crippen LogP contribution in [0.25, 0.3) is 0 Å². The van der Waals surface area contributed by atoms with Gasteiger partial charge < -0.3 is 10.3 Å². The van der Waals surface area contributed by atoms with Crippen molar-refractivity contribution in [3.05, 3.63) is 41.9 Å². The zero-order chi connectivity index (χ0) is 14.6. The molecule has 2 heterocycles. The first kappa shape index (κ1) is 14.5. The maximum absolute atomic E-state index is 12.2. The highest BCUT2D eigenvalue weighted by Gasteiger charge is 2.16. The van der Waals surface area contributed by atoms with Crippen LogP contribution < -0.4 is 10.0 Å². The van der Waals surface area contributed by atoms with Gasteiger partial charge in [-0.25, -0.2) is 13.4 Å². The largest absolute Gasteiger partial charge is 0.363 e. The van der Waals surface area contributed by atoms with Gasteiger partial charge >= 0.3 is 0 Å². The van der Waals surface area contributed by atoms with Gasteiger partial charge in [-0.05, 0) is 31.7 Å². The van der Waals surface area contributed by atoms with Gasteiger partial charge in [0.1, 0.15) is 10.7 Å². The Kier molecular flexibility index (Phi) is 4.41. The highest BCUT2D eigenvalue weighted by atomic mass is 32.2. The molecule has 0 aliphatic heterocycles. The number of nitrogens with zero attached hydrogens (tertiary/aromatic N) is 1. The smallest absolute Gasteiger partial charge is 0.264 e. The molecule has 0 saturated heterocycles. The number of aromatic nitrogens is 2. The van der Waals surface area contributed by atoms with Crippen LogP contribution in [0.15, 0.2) is 35.4 Å². The van der Waals surface area contributed by atoms with Crippen LogP contribution in [0.1, 0.15) is 18.3 Å². The Morgan fingerprint density at radius 1 is 1.35 bits per heavy atom. The average molecular weight is 294 g/mol. The molecule has 0 aliphatic carbocycles. The molecule has 0 radical (unpaired) electrons. The van der Waals surface area contributed by atoms with Gasteiger partial charge in [0.25, 0.3) is 10.0 Å². The van der Waals surface area contributed by atoms with E-state index < -0.39 is 10.0 Å². The van der Waals surface area contributed by atoms with E-state index in [1.165, 1.54) is 6.20 Å². The summed E-state index contributed by atoms with van der Waals surface area (Å²) in [5.74, 6) is 0.319. The number of hydrogen-bond acceptors (Lipinski definition) is 4. The number of hydrogen-bond donors (Lipinski definition) is 3. The zero-order valence-corrected chi connectivity index (χ0v) is 12.3. The zero-order valence-electron chi connectivity index (χ0n) is 11.5. The highest BCUT2D eigenvalue weighted by Crippen LogP contribution is 2.15. The molecule has 0 aliphatic rings. The van der Waals surface area contributed by atoms with Crippen molar-refractivity contribution in [2.45, 2.75) is 25.3 Å². The molecule has 6 nitrogen and oxygen atoms in total. The number of rotatable bonds is 6. The van der Waals surface area contributed by atoms with Crippen LogP contribution in [0.2, 0.25) is 0 Å². The maximum atomic E-state index is 12.2. The summed E-state index contributed by atoms with van der Waals surface area (Å²) in [6, 6.07) is 6.80. The summed E-state index contributed by atoms with van der Waals surface area (Å²) in [5, 5.41) is 3.13. The number of aromatic amines is 1. The first-order valence-electron chi connectivity index (χ1n) is 6.36. The van der Waals surface area contributed by atoms with Crippen molar-refractivity contribution in [3.63, 3.8) is 0 Å². The summed E-state index contributed by atoms with van der Waals surface area (Å²) in [4.78, 5) is 7.27. The van der Waals surface area contributed by atoms with E-state index in [2.05, 4.69) is 20.0 Å². The fraction of sp³-hybridized carbons (Fsp3) is 0.308. The minimum atomic E-state index is -3.61. The van der Waals surface area contributed by atoms with E-state index in [9.17, 15) is 8.42 Å². The molecule has 2 aromatic heterocycles. The molecule has 0 unspecified atom stereocenters. The van der Waals surface area contributed by atoms with Gasteiger partial charge in [-0.3, -0.25) is 4.72 Å². The molecular weight excluding hydrogens is 276 g/mol. The fourth-order valence-corrected chi connectivity index (χ4v) is 2.75. The van der Waals surface area contributed by atoms with Crippen molar-refractivity contribution in [1.82, 2.24) is 15.3 Å². The number of H-pyrrole nitrogens is 1. The molecule has 2 aromatic rings. The van der Waals surface area contributed by atoms with E-state index in [1.54, 1.807) is 18.2 Å². The molecule has 0 bridgehead atoms. The molecule has 2 rings (SSSR count). The van der Waals surface area contributed by atoms with E-state index in [1.807, 2.05) is 19.9 Å². The molecule has 7 heteroatoms. The van der Waals surface area contributed by atoms with Crippen molar-refractivity contribution in [1.29, 1.82) is 0 Å². The quantitative estimate of drug-likeness (QED) is 0.755. The second-order valence-corrected chi connectivity index (χ2v) is 6.09. The third kappa shape index (κ3) is 3.58. The Morgan fingerprint density at radius 3 is 2.85 bits per heavy atom. The Bertz CT molecular complexity index is 679. The molecule has 0 spiro atoms. The molecule has 0 saturated carbocycles. The van der Waals surface area contributed by atoms with Crippen molar-refractivity contribution in [2.75, 3.05) is 11.3 Å². The van der Waals surface area contributed by atoms with Crippen LogP contribution >= 0.6 is 0 Å². The molecule has 3 N–H and O–H groups in total. The van der Waals surface area contributed by atoms with Gasteiger partial charge in [0.2, 0.25) is 0 Å². The second kappa shape index (κ2) is 6.06. The third-order valence-electron chi connectivity index (χ3n) is 2.72. The highest BCUT2D eigenvalue weighted by molar-refractivity contribution is 7.92. The monoisotopic (exact) mass is 294 g/mol. The van der Waals surface area contributed by atoms with Crippen molar-refractivity contribution < 1.29 is 8.42 Å². The van der Waals surface area contributed by atoms with Crippen molar-refractivity contribution in [2.24, 2.45) is 0 Å². The van der Waals surface area contributed by atoms with Gasteiger partial charge in [-0.2, -0.15) is 0 Å². The van der Waals surface area contributed by atoms with Gasteiger partial charge in [0.15, 0.2) is 0 Å². The lowest BCUT2D eigenvalue weighted by Crippen LogP contribution is -2.14. The Labute approximate surface area is 118 Å². The van der Waals surface area contributed by atoms with Gasteiger partial charge in [0.05, 0.1) is 0 Å². The summed E-state index contributed by atoms with van der Waals surface area (Å²) in [5.41, 5.74) is 1.58. The molecular formula is C13H18N4O2S. The van der Waals surface area contributed by atoms with E-state index in [0.29, 0.717) is 12.4 Å². The van der Waals surface area contributed by atoms with Gasteiger partial charge in [-0.15, -0.1) is 0 Å². The molecule has 108 valence electrons. The van der Waals surface area contributed by atoms with Gasteiger partial charge in [0, 0.05) is 24.1 Å². The van der Waals surface area contributed by atoms with Crippen LogP contribution in [0, 0.1) is 6.92 Å². The lowest BCUT2D eigenvalue weighted by atomic mass is 10.4. The Balaban J connectivity index is 2.16. The van der Waals surface area contributed by atoms with Crippen LogP contribution in [-0.2, 0) is 16.6 Å². The van der Waals surface area contributed by atoms with E-state index in [-0.39, 0.29) is 4.90 Å². The standard InChI is InChI=1S/C13H18N4O2S/c1-3-14-8-11-7-12(9-15-11)20(18,19)17-13-6-4-5-10(2)16-13/h4-7,9,14-15H,3,8H2,1-2H3,(H,16,17). The lowest BCUT2D eigenvalue weighted by molar-refractivity contribution is 0.601. The predicted octanol–water partition coefficient (Wildman–Crippen LogP) is 1.63. The topological polar surface area (TPSA) is 86.9 Å². The predicted molar refractivity (Wildman–Crippen MR) is 78.0 cm³/mol. The first-order chi connectivity index (χ1) is 9.51. The van der Waals surface area contributed by atoms with Crippen LogP contribution in [0.4, 0.5) is 5.82 Å². The minimum Gasteiger partial charge on any atom is -0.363 e. The Morgan fingerprint density at radius 2 is 2.15 bits per heavy atom. The number of aryl methyl sites for hydroxylation is 1. The second-order valence-electron chi connectivity index (χ2n) is 4.41. The number of pyridine rings is 1. The maximum Gasteiger partial charge on any atom is 0.264 e. The van der Waals surface area contributed by atoms with Crippen molar-refractivity contribution >= 4 is 15.8 Å². The number of anilines is 1. The average Bonchev–Trinajstić information content (AvgIpc) is 2.85. The fourth-order valence-electron chi connectivity index (χ4n) is 1.73. The first-order valence-corrected chi connectivity index (χ1v) is 7.84. The molecule has 0 aromatic carbocycles. The van der Waals surface area contributed by atoms with Crippen molar-refractivity contribution in [3.8, 4) is 0 Å². The summed E-state index contributed by atoms with van der Waals surface area (Å²) in [6.07, 6.45) is 1.48. The SMILES string of the molecule is CCNCc1cc(S(=O)(=O)Nc2cccc(C)n2)c[nH]1. The molecule has 0 amide bonds. The van der Waals surface area contributed by atoms with E-state index >= 15 is 0 Å². The van der Waals surface area contributed by atoms with E-state index in [4.69, 9.17) is 0 Å². The van der Waals surface area contributed by atoms with E-state index in [0.717, 1.165) is 17.9 Å². The Hall–Kier alpha value is -1.86. The summed E-state index contributed by atoms with van der Waals surface area (Å²) >= 11 is 0. The molecule has 0 fully saturated rings. The van der Waals surface area contributed by atoms with Gasteiger partial charge in [-0.1, -0.05) is 13.0 Å². The summed E-state index contributed by atoms with van der Waals surface area (Å²) in [6.45, 7) is 5.23. The third-order valence-corrected chi connectivity index (χ3v) is 4.05. The number of nitrogens with one attached hydrogen (secondary N) is 3. The minimum absolute atomic E-state index is 0.203. The lowest BCUT2D eigenvalue weighted by Gasteiger charge is -2.05. The van der Waals surface area contributed by atoms with Crippen LogP contribution in [0.3, 0.4) is 0 Å². The molecule has 20 heavy (non-hydrogen) atoms.